The number of carbonyl (C=O) groups is 2. The summed E-state index contributed by atoms with van der Waals surface area (Å²) < 4.78 is 7.01. The van der Waals surface area contributed by atoms with Crippen LogP contribution in [0.5, 0.6) is 5.75 Å². The number of rotatable bonds is 6. The topological polar surface area (TPSA) is 85.3 Å². The van der Waals surface area contributed by atoms with Crippen LogP contribution in [0.2, 0.25) is 0 Å². The summed E-state index contributed by atoms with van der Waals surface area (Å²) in [5.41, 5.74) is 3.47. The highest BCUT2D eigenvalue weighted by Crippen LogP contribution is 2.27. The molecule has 0 saturated carbocycles. The van der Waals surface area contributed by atoms with Gasteiger partial charge in [0.05, 0.1) is 18.4 Å². The van der Waals surface area contributed by atoms with E-state index in [1.54, 1.807) is 49.3 Å². The Hall–Kier alpha value is -4.39. The Kier molecular flexibility index (Phi) is 5.98. The third kappa shape index (κ3) is 4.37. The first-order valence-electron chi connectivity index (χ1n) is 10.0. The van der Waals surface area contributed by atoms with Gasteiger partial charge in [0.2, 0.25) is 0 Å². The molecule has 0 saturated heterocycles. The molecule has 0 aliphatic rings. The van der Waals surface area contributed by atoms with Crippen molar-refractivity contribution in [3.63, 3.8) is 0 Å². The third-order valence-electron chi connectivity index (χ3n) is 4.93. The maximum atomic E-state index is 13.3. The summed E-state index contributed by atoms with van der Waals surface area (Å²) in [7, 11) is 3.15. The van der Waals surface area contributed by atoms with E-state index in [2.05, 4.69) is 15.7 Å². The number of benzene rings is 3. The van der Waals surface area contributed by atoms with Gasteiger partial charge in [0.1, 0.15) is 11.4 Å². The van der Waals surface area contributed by atoms with Gasteiger partial charge in [-0.15, -0.1) is 0 Å². The number of methoxy groups -OCH3 is 1. The zero-order valence-electron chi connectivity index (χ0n) is 17.7. The summed E-state index contributed by atoms with van der Waals surface area (Å²) in [6.07, 6.45) is 1.70. The summed E-state index contributed by atoms with van der Waals surface area (Å²) in [6, 6.07) is 23.7. The first kappa shape index (κ1) is 20.9. The zero-order valence-corrected chi connectivity index (χ0v) is 17.7. The standard InChI is InChI=1S/C25H22N4O3/c1-26-24(30)18-9-6-10-19(14-18)27-25(31)22-16-29(20-11-4-3-5-12-20)28-23(22)17-8-7-13-21(15-17)32-2/h3-16H,1-2H3,(H,26,30)(H,27,31). The largest absolute Gasteiger partial charge is 0.497 e. The number of para-hydroxylation sites is 1. The predicted molar refractivity (Wildman–Crippen MR) is 123 cm³/mol. The van der Waals surface area contributed by atoms with E-state index in [4.69, 9.17) is 4.74 Å². The Morgan fingerprint density at radius 3 is 2.44 bits per heavy atom. The third-order valence-corrected chi connectivity index (χ3v) is 4.93. The number of anilines is 1. The van der Waals surface area contributed by atoms with E-state index in [0.29, 0.717) is 28.3 Å². The summed E-state index contributed by atoms with van der Waals surface area (Å²) in [5, 5.41) is 10.1. The predicted octanol–water partition coefficient (Wildman–Crippen LogP) is 4.16. The Morgan fingerprint density at radius 1 is 0.906 bits per heavy atom. The van der Waals surface area contributed by atoms with Crippen molar-refractivity contribution in [1.82, 2.24) is 15.1 Å². The number of carbonyl (C=O) groups excluding carboxylic acids is 2. The van der Waals surface area contributed by atoms with Crippen molar-refractivity contribution in [1.29, 1.82) is 0 Å². The van der Waals surface area contributed by atoms with Crippen molar-refractivity contribution in [3.8, 4) is 22.7 Å². The van der Waals surface area contributed by atoms with Crippen molar-refractivity contribution in [3.05, 3.63) is 96.2 Å². The summed E-state index contributed by atoms with van der Waals surface area (Å²) in [5.74, 6) is 0.107. The normalized spacial score (nSPS) is 10.4. The quantitative estimate of drug-likeness (QED) is 0.485. The maximum absolute atomic E-state index is 13.3. The van der Waals surface area contributed by atoms with E-state index in [-0.39, 0.29) is 11.8 Å². The Balaban J connectivity index is 1.74. The van der Waals surface area contributed by atoms with E-state index in [9.17, 15) is 9.59 Å². The van der Waals surface area contributed by atoms with Crippen molar-refractivity contribution in [2.75, 3.05) is 19.5 Å². The fourth-order valence-electron chi connectivity index (χ4n) is 3.32. The molecule has 0 radical (unpaired) electrons. The molecule has 0 bridgehead atoms. The zero-order chi connectivity index (χ0) is 22.5. The number of nitrogens with one attached hydrogen (secondary N) is 2. The van der Waals surface area contributed by atoms with E-state index in [1.807, 2.05) is 54.6 Å². The van der Waals surface area contributed by atoms with Gasteiger partial charge in [-0.3, -0.25) is 9.59 Å². The fourth-order valence-corrected chi connectivity index (χ4v) is 3.32. The van der Waals surface area contributed by atoms with Gasteiger partial charge < -0.3 is 15.4 Å². The van der Waals surface area contributed by atoms with Crippen LogP contribution >= 0.6 is 0 Å². The molecule has 0 aliphatic heterocycles. The average molecular weight is 426 g/mol. The van der Waals surface area contributed by atoms with Crippen LogP contribution in [0.25, 0.3) is 16.9 Å². The number of aromatic nitrogens is 2. The minimum Gasteiger partial charge on any atom is -0.497 e. The molecular weight excluding hydrogens is 404 g/mol. The highest BCUT2D eigenvalue weighted by atomic mass is 16.5. The first-order valence-corrected chi connectivity index (χ1v) is 10.0. The maximum Gasteiger partial charge on any atom is 0.259 e. The molecule has 160 valence electrons. The Morgan fingerprint density at radius 2 is 1.69 bits per heavy atom. The lowest BCUT2D eigenvalue weighted by Gasteiger charge is -2.08. The monoisotopic (exact) mass is 426 g/mol. The second-order valence-electron chi connectivity index (χ2n) is 7.02. The number of hydrogen-bond acceptors (Lipinski definition) is 4. The van der Waals surface area contributed by atoms with Crippen molar-refractivity contribution in [2.45, 2.75) is 0 Å². The summed E-state index contributed by atoms with van der Waals surface area (Å²) in [6.45, 7) is 0. The molecule has 0 aliphatic carbocycles. The van der Waals surface area contributed by atoms with Crippen LogP contribution in [0.15, 0.2) is 85.1 Å². The molecule has 1 heterocycles. The summed E-state index contributed by atoms with van der Waals surface area (Å²) in [4.78, 5) is 25.2. The number of hydrogen-bond donors (Lipinski definition) is 2. The number of nitrogens with zero attached hydrogens (tertiary/aromatic N) is 2. The van der Waals surface area contributed by atoms with E-state index >= 15 is 0 Å². The second-order valence-corrected chi connectivity index (χ2v) is 7.02. The van der Waals surface area contributed by atoms with Gasteiger partial charge in [-0.2, -0.15) is 5.10 Å². The van der Waals surface area contributed by atoms with Gasteiger partial charge in [-0.05, 0) is 42.5 Å². The van der Waals surface area contributed by atoms with Crippen LogP contribution in [-0.2, 0) is 0 Å². The molecule has 0 unspecified atom stereocenters. The van der Waals surface area contributed by atoms with Crippen LogP contribution in [0.4, 0.5) is 5.69 Å². The van der Waals surface area contributed by atoms with Crippen LogP contribution in [0.3, 0.4) is 0 Å². The molecule has 2 amide bonds. The summed E-state index contributed by atoms with van der Waals surface area (Å²) >= 11 is 0. The van der Waals surface area contributed by atoms with Gasteiger partial charge in [0, 0.05) is 30.1 Å². The van der Waals surface area contributed by atoms with Crippen molar-refractivity contribution < 1.29 is 14.3 Å². The van der Waals surface area contributed by atoms with Crippen molar-refractivity contribution >= 4 is 17.5 Å². The molecule has 0 atom stereocenters. The second kappa shape index (κ2) is 9.18. The fraction of sp³-hybridized carbons (Fsp3) is 0.0800. The van der Waals surface area contributed by atoms with Crippen molar-refractivity contribution in [2.24, 2.45) is 0 Å². The molecule has 0 fully saturated rings. The van der Waals surface area contributed by atoms with Crippen LogP contribution in [0, 0.1) is 0 Å². The van der Waals surface area contributed by atoms with Gasteiger partial charge in [0.15, 0.2) is 0 Å². The van der Waals surface area contributed by atoms with Gasteiger partial charge in [-0.25, -0.2) is 4.68 Å². The SMILES string of the molecule is CNC(=O)c1cccc(NC(=O)c2cn(-c3ccccc3)nc2-c2cccc(OC)c2)c1. The molecule has 1 aromatic heterocycles. The Bertz CT molecular complexity index is 1270. The van der Waals surface area contributed by atoms with Crippen LogP contribution < -0.4 is 15.4 Å². The van der Waals surface area contributed by atoms with Gasteiger partial charge >= 0.3 is 0 Å². The molecule has 4 aromatic rings. The van der Waals surface area contributed by atoms with Gasteiger partial charge in [-0.1, -0.05) is 36.4 Å². The molecule has 0 spiro atoms. The molecule has 2 N–H and O–H groups in total. The first-order chi connectivity index (χ1) is 15.6. The molecule has 4 rings (SSSR count). The lowest BCUT2D eigenvalue weighted by atomic mass is 10.1. The molecule has 7 heteroatoms. The highest BCUT2D eigenvalue weighted by Gasteiger charge is 2.20. The molecule has 7 nitrogen and oxygen atoms in total. The Labute approximate surface area is 185 Å². The van der Waals surface area contributed by atoms with E-state index in [1.165, 1.54) is 0 Å². The van der Waals surface area contributed by atoms with Crippen LogP contribution in [0.1, 0.15) is 20.7 Å². The van der Waals surface area contributed by atoms with E-state index < -0.39 is 0 Å². The smallest absolute Gasteiger partial charge is 0.259 e. The molecule has 32 heavy (non-hydrogen) atoms. The van der Waals surface area contributed by atoms with Gasteiger partial charge in [0.25, 0.3) is 11.8 Å². The minimum atomic E-state index is -0.334. The number of amides is 2. The lowest BCUT2D eigenvalue weighted by Crippen LogP contribution is -2.18. The van der Waals surface area contributed by atoms with E-state index in [0.717, 1.165) is 11.3 Å². The van der Waals surface area contributed by atoms with Crippen LogP contribution in [-0.4, -0.2) is 35.8 Å². The number of ether oxygens (including phenoxy) is 1. The minimum absolute atomic E-state index is 0.227. The molecule has 3 aromatic carbocycles. The average Bonchev–Trinajstić information content (AvgIpc) is 3.30. The highest BCUT2D eigenvalue weighted by molar-refractivity contribution is 6.08. The molecular formula is C25H22N4O3. The lowest BCUT2D eigenvalue weighted by molar-refractivity contribution is 0.0961.